The number of nitrogens with zero attached hydrogens (tertiary/aromatic N) is 1. The van der Waals surface area contributed by atoms with Gasteiger partial charge in [-0.15, -0.1) is 11.8 Å². The summed E-state index contributed by atoms with van der Waals surface area (Å²) in [5.74, 6) is 0.620. The molecule has 4 aromatic rings. The van der Waals surface area contributed by atoms with Crippen LogP contribution in [-0.4, -0.2) is 25.3 Å². The minimum absolute atomic E-state index is 0.132. The molecule has 0 radical (unpaired) electrons. The van der Waals surface area contributed by atoms with E-state index in [1.807, 2.05) is 43.3 Å². The van der Waals surface area contributed by atoms with E-state index in [-0.39, 0.29) is 9.77 Å². The van der Waals surface area contributed by atoms with Crippen molar-refractivity contribution in [3.05, 3.63) is 92.5 Å². The number of halogens is 1. The van der Waals surface area contributed by atoms with Gasteiger partial charge < -0.3 is 0 Å². The predicted octanol–water partition coefficient (Wildman–Crippen LogP) is 5.14. The Morgan fingerprint density at radius 2 is 1.75 bits per heavy atom. The van der Waals surface area contributed by atoms with Crippen molar-refractivity contribution in [2.75, 3.05) is 12.3 Å². The van der Waals surface area contributed by atoms with Gasteiger partial charge in [-0.2, -0.15) is 0 Å². The fraction of sp³-hybridized carbons (Fsp3) is 0.174. The van der Waals surface area contributed by atoms with Crippen molar-refractivity contribution in [2.24, 2.45) is 0 Å². The molecule has 0 aliphatic heterocycles. The maximum Gasteiger partial charge on any atom is 0.308 e. The zero-order valence-corrected chi connectivity index (χ0v) is 20.5. The first kappa shape index (κ1) is 23.1. The smallest absolute Gasteiger partial charge is 0.294 e. The molecular formula is C23H21ClN2O3S3. The van der Waals surface area contributed by atoms with E-state index in [1.54, 1.807) is 46.7 Å². The van der Waals surface area contributed by atoms with Crippen LogP contribution in [0, 0.1) is 6.92 Å². The average Bonchev–Trinajstić information content (AvgIpc) is 3.08. The predicted molar refractivity (Wildman–Crippen MR) is 134 cm³/mol. The number of thioether (sulfide) groups is 1. The van der Waals surface area contributed by atoms with Crippen molar-refractivity contribution in [3.63, 3.8) is 0 Å². The molecule has 0 amide bonds. The molecular weight excluding hydrogens is 484 g/mol. The summed E-state index contributed by atoms with van der Waals surface area (Å²) < 4.78 is 30.4. The van der Waals surface area contributed by atoms with Crippen LogP contribution in [-0.2, 0) is 16.6 Å². The number of sulfonamides is 1. The maximum absolute atomic E-state index is 12.7. The Balaban J connectivity index is 1.46. The highest BCUT2D eigenvalue weighted by atomic mass is 35.5. The van der Waals surface area contributed by atoms with Crippen LogP contribution >= 0.6 is 34.7 Å². The lowest BCUT2D eigenvalue weighted by Crippen LogP contribution is -2.26. The molecule has 0 unspecified atom stereocenters. The summed E-state index contributed by atoms with van der Waals surface area (Å²) >= 11 is 8.57. The summed E-state index contributed by atoms with van der Waals surface area (Å²) in [5, 5.41) is 0.635. The van der Waals surface area contributed by atoms with Gasteiger partial charge in [0.15, 0.2) is 0 Å². The summed E-state index contributed by atoms with van der Waals surface area (Å²) in [4.78, 5) is 13.7. The molecule has 0 bridgehead atoms. The van der Waals surface area contributed by atoms with Crippen LogP contribution in [0.4, 0.5) is 0 Å². The van der Waals surface area contributed by atoms with Crippen molar-refractivity contribution < 1.29 is 8.42 Å². The molecule has 0 aliphatic carbocycles. The van der Waals surface area contributed by atoms with Crippen LogP contribution in [0.25, 0.3) is 10.2 Å². The van der Waals surface area contributed by atoms with E-state index in [2.05, 4.69) is 4.72 Å². The van der Waals surface area contributed by atoms with E-state index >= 15 is 0 Å². The lowest BCUT2D eigenvalue weighted by Gasteiger charge is -2.08. The Morgan fingerprint density at radius 1 is 1.03 bits per heavy atom. The quantitative estimate of drug-likeness (QED) is 0.266. The Kier molecular flexibility index (Phi) is 7.07. The summed E-state index contributed by atoms with van der Waals surface area (Å²) in [5.41, 5.74) is 2.85. The topological polar surface area (TPSA) is 68.2 Å². The number of aromatic nitrogens is 1. The van der Waals surface area contributed by atoms with Gasteiger partial charge in [-0.05, 0) is 55.0 Å². The van der Waals surface area contributed by atoms with Crippen LogP contribution in [0.1, 0.15) is 11.1 Å². The molecule has 166 valence electrons. The van der Waals surface area contributed by atoms with E-state index in [4.69, 9.17) is 11.6 Å². The zero-order valence-electron chi connectivity index (χ0n) is 17.2. The Bertz CT molecular complexity index is 1390. The lowest BCUT2D eigenvalue weighted by molar-refractivity contribution is 0.584. The maximum atomic E-state index is 12.7. The summed E-state index contributed by atoms with van der Waals surface area (Å²) in [7, 11) is -3.66. The average molecular weight is 505 g/mol. The number of aryl methyl sites for hydroxylation is 1. The van der Waals surface area contributed by atoms with Crippen LogP contribution < -0.4 is 9.60 Å². The Labute approximate surface area is 200 Å². The Hall–Kier alpha value is -2.10. The fourth-order valence-electron chi connectivity index (χ4n) is 3.20. The Morgan fingerprint density at radius 3 is 2.47 bits per heavy atom. The van der Waals surface area contributed by atoms with Gasteiger partial charge >= 0.3 is 4.87 Å². The molecule has 0 atom stereocenters. The monoisotopic (exact) mass is 504 g/mol. The molecule has 1 N–H and O–H groups in total. The number of benzene rings is 3. The molecule has 9 heteroatoms. The van der Waals surface area contributed by atoms with Crippen LogP contribution in [0.5, 0.6) is 0 Å². The second-order valence-corrected chi connectivity index (χ2v) is 11.6. The lowest BCUT2D eigenvalue weighted by atomic mass is 10.2. The standard InChI is InChI=1S/C23H21ClN2O3S3/c1-16-2-8-19(9-3-16)30-13-12-25-32(28,29)20-10-11-21-22(14-20)31-23(27)26(21)15-17-4-6-18(24)7-5-17/h2-11,14,25H,12-13,15H2,1H3. The summed E-state index contributed by atoms with van der Waals surface area (Å²) in [6.45, 7) is 2.74. The van der Waals surface area contributed by atoms with E-state index < -0.39 is 10.0 Å². The van der Waals surface area contributed by atoms with E-state index in [9.17, 15) is 13.2 Å². The molecule has 0 saturated carbocycles. The number of thiazole rings is 1. The molecule has 5 nitrogen and oxygen atoms in total. The molecule has 0 aliphatic rings. The number of nitrogens with one attached hydrogen (secondary N) is 1. The second-order valence-electron chi connectivity index (χ2n) is 7.27. The molecule has 32 heavy (non-hydrogen) atoms. The fourth-order valence-corrected chi connectivity index (χ4v) is 6.28. The van der Waals surface area contributed by atoms with Gasteiger partial charge in [-0.1, -0.05) is 52.8 Å². The number of rotatable bonds is 8. The normalized spacial score (nSPS) is 11.8. The molecule has 0 saturated heterocycles. The minimum atomic E-state index is -3.66. The first-order valence-electron chi connectivity index (χ1n) is 9.89. The van der Waals surface area contributed by atoms with Crippen molar-refractivity contribution >= 4 is 54.9 Å². The van der Waals surface area contributed by atoms with Gasteiger partial charge in [0.25, 0.3) is 0 Å². The van der Waals surface area contributed by atoms with Crippen LogP contribution in [0.2, 0.25) is 5.02 Å². The van der Waals surface area contributed by atoms with Crippen LogP contribution in [0.15, 0.2) is 81.3 Å². The number of fused-ring (bicyclic) bond motifs is 1. The van der Waals surface area contributed by atoms with Gasteiger partial charge in [-0.25, -0.2) is 13.1 Å². The minimum Gasteiger partial charge on any atom is -0.294 e. The molecule has 0 fully saturated rings. The third-order valence-corrected chi connectivity index (χ3v) is 8.55. The van der Waals surface area contributed by atoms with Crippen molar-refractivity contribution in [3.8, 4) is 0 Å². The SMILES string of the molecule is Cc1ccc(SCCNS(=O)(=O)c2ccc3c(c2)sc(=O)n3Cc2ccc(Cl)cc2)cc1. The highest BCUT2D eigenvalue weighted by Gasteiger charge is 2.16. The number of hydrogen-bond acceptors (Lipinski definition) is 5. The first-order valence-corrected chi connectivity index (χ1v) is 13.6. The van der Waals surface area contributed by atoms with Crippen LogP contribution in [0.3, 0.4) is 0 Å². The number of hydrogen-bond donors (Lipinski definition) is 1. The van der Waals surface area contributed by atoms with E-state index in [0.29, 0.717) is 34.1 Å². The van der Waals surface area contributed by atoms with Gasteiger partial charge in [0.1, 0.15) is 0 Å². The molecule has 0 spiro atoms. The summed E-state index contributed by atoms with van der Waals surface area (Å²) in [6.07, 6.45) is 0. The van der Waals surface area contributed by atoms with Crippen molar-refractivity contribution in [1.29, 1.82) is 0 Å². The van der Waals surface area contributed by atoms with Gasteiger partial charge in [0.05, 0.1) is 21.7 Å². The van der Waals surface area contributed by atoms with E-state index in [0.717, 1.165) is 21.8 Å². The molecule has 3 aromatic carbocycles. The van der Waals surface area contributed by atoms with E-state index in [1.165, 1.54) is 5.56 Å². The largest absolute Gasteiger partial charge is 0.308 e. The molecule has 1 heterocycles. The highest BCUT2D eigenvalue weighted by molar-refractivity contribution is 7.99. The van der Waals surface area contributed by atoms with Crippen molar-refractivity contribution in [1.82, 2.24) is 9.29 Å². The van der Waals surface area contributed by atoms with Crippen molar-refractivity contribution in [2.45, 2.75) is 23.3 Å². The third-order valence-electron chi connectivity index (χ3n) is 4.89. The van der Waals surface area contributed by atoms with Gasteiger partial charge in [0.2, 0.25) is 10.0 Å². The van der Waals surface area contributed by atoms with Gasteiger partial charge in [0, 0.05) is 22.2 Å². The summed E-state index contributed by atoms with van der Waals surface area (Å²) in [6, 6.07) is 20.2. The molecule has 1 aromatic heterocycles. The highest BCUT2D eigenvalue weighted by Crippen LogP contribution is 2.23. The zero-order chi connectivity index (χ0) is 22.7. The second kappa shape index (κ2) is 9.80. The van der Waals surface area contributed by atoms with Gasteiger partial charge in [-0.3, -0.25) is 9.36 Å². The molecule has 4 rings (SSSR count). The first-order chi connectivity index (χ1) is 15.3. The third kappa shape index (κ3) is 5.44.